The average Bonchev–Trinajstić information content (AvgIpc) is 2.03. The van der Waals surface area contributed by atoms with Crippen LogP contribution in [0.25, 0.3) is 0 Å². The molecule has 11 heavy (non-hydrogen) atoms. The number of hydrogen-bond acceptors (Lipinski definition) is 3. The Bertz CT molecular complexity index is 127. The summed E-state index contributed by atoms with van der Waals surface area (Å²) in [6.07, 6.45) is 0. The van der Waals surface area contributed by atoms with E-state index in [4.69, 9.17) is 15.6 Å². The van der Waals surface area contributed by atoms with Crippen LogP contribution in [-0.4, -0.2) is 44.5 Å². The van der Waals surface area contributed by atoms with Crippen molar-refractivity contribution in [1.29, 1.82) is 0 Å². The van der Waals surface area contributed by atoms with Gasteiger partial charge in [-0.25, -0.2) is 0 Å². The zero-order chi connectivity index (χ0) is 8.69. The van der Waals surface area contributed by atoms with Gasteiger partial charge in [-0.15, -0.1) is 0 Å². The number of aliphatic hydroxyl groups excluding tert-OH is 1. The topological polar surface area (TPSA) is 79.9 Å². The molecule has 5 heteroatoms. The van der Waals surface area contributed by atoms with E-state index in [2.05, 4.69) is 10.3 Å². The first kappa shape index (κ1) is 10.2. The van der Waals surface area contributed by atoms with Crippen molar-refractivity contribution in [2.45, 2.75) is 6.04 Å². The van der Waals surface area contributed by atoms with Crippen molar-refractivity contribution in [3.63, 3.8) is 0 Å². The molecule has 0 saturated heterocycles. The highest BCUT2D eigenvalue weighted by Gasteiger charge is 2.05. The number of nitrogens with one attached hydrogen (secondary N) is 1. The fourth-order valence-corrected chi connectivity index (χ4v) is 0.615. The van der Waals surface area contributed by atoms with Crippen molar-refractivity contribution < 1.29 is 9.84 Å². The molecule has 1 unspecified atom stereocenters. The minimum atomic E-state index is -0.177. The highest BCUT2D eigenvalue weighted by atomic mass is 16.5. The number of guanidine groups is 1. The average molecular weight is 161 g/mol. The van der Waals surface area contributed by atoms with Gasteiger partial charge in [0.2, 0.25) is 0 Å². The molecule has 0 saturated carbocycles. The third-order valence-electron chi connectivity index (χ3n) is 1.18. The van der Waals surface area contributed by atoms with E-state index in [9.17, 15) is 0 Å². The first-order valence-electron chi connectivity index (χ1n) is 3.33. The number of nitrogens with two attached hydrogens (primary N) is 1. The molecular weight excluding hydrogens is 146 g/mol. The normalized spacial score (nSPS) is 14.6. The summed E-state index contributed by atoms with van der Waals surface area (Å²) in [5.41, 5.74) is 5.35. The molecular formula is C6H15N3O2. The van der Waals surface area contributed by atoms with Gasteiger partial charge in [0.1, 0.15) is 0 Å². The molecule has 0 spiro atoms. The van der Waals surface area contributed by atoms with Gasteiger partial charge in [-0.1, -0.05) is 0 Å². The van der Waals surface area contributed by atoms with Crippen LogP contribution in [0.3, 0.4) is 0 Å². The fraction of sp³-hybridized carbons (Fsp3) is 0.833. The maximum Gasteiger partial charge on any atom is 0.188 e. The molecule has 0 aliphatic heterocycles. The Kier molecular flexibility index (Phi) is 5.50. The van der Waals surface area contributed by atoms with Crippen molar-refractivity contribution in [2.75, 3.05) is 27.4 Å². The number of hydrogen-bond donors (Lipinski definition) is 3. The predicted molar refractivity (Wildman–Crippen MR) is 43.4 cm³/mol. The minimum absolute atomic E-state index is 0.0237. The Morgan fingerprint density at radius 3 is 2.82 bits per heavy atom. The molecule has 0 radical (unpaired) electrons. The van der Waals surface area contributed by atoms with E-state index in [1.165, 1.54) is 0 Å². The number of methoxy groups -OCH3 is 1. The van der Waals surface area contributed by atoms with Gasteiger partial charge in [0.05, 0.1) is 19.3 Å². The zero-order valence-corrected chi connectivity index (χ0v) is 6.87. The van der Waals surface area contributed by atoms with E-state index in [-0.39, 0.29) is 12.6 Å². The molecule has 4 N–H and O–H groups in total. The summed E-state index contributed by atoms with van der Waals surface area (Å²) >= 11 is 0. The first-order valence-corrected chi connectivity index (χ1v) is 3.33. The van der Waals surface area contributed by atoms with Crippen LogP contribution in [0.1, 0.15) is 0 Å². The summed E-state index contributed by atoms with van der Waals surface area (Å²) in [5.74, 6) is 0.307. The molecule has 66 valence electrons. The monoisotopic (exact) mass is 161 g/mol. The smallest absolute Gasteiger partial charge is 0.188 e. The first-order chi connectivity index (χ1) is 5.24. The Labute approximate surface area is 66.3 Å². The third kappa shape index (κ3) is 4.58. The van der Waals surface area contributed by atoms with Crippen molar-refractivity contribution in [2.24, 2.45) is 10.7 Å². The minimum Gasteiger partial charge on any atom is -0.394 e. The molecule has 0 fully saturated rings. The molecule has 5 nitrogen and oxygen atoms in total. The molecule has 0 rings (SSSR count). The van der Waals surface area contributed by atoms with Gasteiger partial charge in [0, 0.05) is 14.2 Å². The van der Waals surface area contributed by atoms with Crippen LogP contribution in [0.2, 0.25) is 0 Å². The third-order valence-corrected chi connectivity index (χ3v) is 1.18. The van der Waals surface area contributed by atoms with E-state index in [0.717, 1.165) is 0 Å². The van der Waals surface area contributed by atoms with E-state index in [1.807, 2.05) is 0 Å². The van der Waals surface area contributed by atoms with Crippen LogP contribution in [0.15, 0.2) is 4.99 Å². The van der Waals surface area contributed by atoms with Crippen LogP contribution < -0.4 is 11.1 Å². The second-order valence-electron chi connectivity index (χ2n) is 2.09. The van der Waals surface area contributed by atoms with Gasteiger partial charge in [-0.05, 0) is 0 Å². The summed E-state index contributed by atoms with van der Waals surface area (Å²) in [7, 11) is 3.13. The van der Waals surface area contributed by atoms with E-state index < -0.39 is 0 Å². The molecule has 0 amide bonds. The largest absolute Gasteiger partial charge is 0.394 e. The number of aliphatic imine (C=N–C) groups is 1. The van der Waals surface area contributed by atoms with Gasteiger partial charge in [0.25, 0.3) is 0 Å². The van der Waals surface area contributed by atoms with Crippen molar-refractivity contribution >= 4 is 5.96 Å². The van der Waals surface area contributed by atoms with Crippen molar-refractivity contribution in [3.8, 4) is 0 Å². The highest BCUT2D eigenvalue weighted by Crippen LogP contribution is 1.81. The standard InChI is InChI=1S/C6H15N3O2/c1-8-6(7)9-5(3-10)4-11-2/h5,10H,3-4H2,1-2H3,(H3,7,8,9). The number of nitrogens with zero attached hydrogens (tertiary/aromatic N) is 1. The molecule has 0 aromatic carbocycles. The van der Waals surface area contributed by atoms with Crippen molar-refractivity contribution in [1.82, 2.24) is 5.32 Å². The lowest BCUT2D eigenvalue weighted by Crippen LogP contribution is -2.44. The van der Waals surface area contributed by atoms with Crippen LogP contribution in [0.4, 0.5) is 0 Å². The van der Waals surface area contributed by atoms with Gasteiger partial charge < -0.3 is 20.9 Å². The van der Waals surface area contributed by atoms with Gasteiger partial charge in [0.15, 0.2) is 5.96 Å². The Morgan fingerprint density at radius 1 is 1.82 bits per heavy atom. The van der Waals surface area contributed by atoms with Crippen LogP contribution >= 0.6 is 0 Å². The summed E-state index contributed by atoms with van der Waals surface area (Å²) in [4.78, 5) is 3.68. The number of rotatable bonds is 4. The summed E-state index contributed by atoms with van der Waals surface area (Å²) in [6, 6.07) is -0.177. The Hall–Kier alpha value is -0.810. The predicted octanol–water partition coefficient (Wildman–Crippen LogP) is -1.47. The summed E-state index contributed by atoms with van der Waals surface area (Å²) < 4.78 is 4.81. The summed E-state index contributed by atoms with van der Waals surface area (Å²) in [6.45, 7) is 0.386. The van der Waals surface area contributed by atoms with E-state index in [1.54, 1.807) is 14.2 Å². The molecule has 0 bridgehead atoms. The lowest BCUT2D eigenvalue weighted by Gasteiger charge is -2.14. The number of aliphatic hydroxyl groups is 1. The molecule has 0 aromatic heterocycles. The SMILES string of the molecule is CN=C(N)NC(CO)COC. The quantitative estimate of drug-likeness (QED) is 0.347. The van der Waals surface area contributed by atoms with E-state index >= 15 is 0 Å². The van der Waals surface area contributed by atoms with E-state index in [0.29, 0.717) is 12.6 Å². The molecule has 0 aliphatic rings. The van der Waals surface area contributed by atoms with Crippen LogP contribution in [0, 0.1) is 0 Å². The van der Waals surface area contributed by atoms with Gasteiger partial charge in [-0.3, -0.25) is 4.99 Å². The lowest BCUT2D eigenvalue weighted by molar-refractivity contribution is 0.137. The fourth-order valence-electron chi connectivity index (χ4n) is 0.615. The maximum atomic E-state index is 8.75. The summed E-state index contributed by atoms with van der Waals surface area (Å²) in [5, 5.41) is 11.5. The molecule has 0 heterocycles. The highest BCUT2D eigenvalue weighted by molar-refractivity contribution is 5.77. The Balaban J connectivity index is 3.68. The van der Waals surface area contributed by atoms with Crippen LogP contribution in [0.5, 0.6) is 0 Å². The van der Waals surface area contributed by atoms with Crippen LogP contribution in [-0.2, 0) is 4.74 Å². The lowest BCUT2D eigenvalue weighted by atomic mass is 10.3. The van der Waals surface area contributed by atoms with Gasteiger partial charge in [-0.2, -0.15) is 0 Å². The maximum absolute atomic E-state index is 8.75. The number of ether oxygens (including phenoxy) is 1. The second kappa shape index (κ2) is 5.94. The van der Waals surface area contributed by atoms with Crippen molar-refractivity contribution in [3.05, 3.63) is 0 Å². The molecule has 0 aliphatic carbocycles. The van der Waals surface area contributed by atoms with Gasteiger partial charge >= 0.3 is 0 Å². The Morgan fingerprint density at radius 2 is 2.45 bits per heavy atom. The zero-order valence-electron chi connectivity index (χ0n) is 6.87. The second-order valence-corrected chi connectivity index (χ2v) is 2.09. The molecule has 1 atom stereocenters. The molecule has 0 aromatic rings.